The van der Waals surface area contributed by atoms with E-state index in [0.717, 1.165) is 42.0 Å². The third-order valence-electron chi connectivity index (χ3n) is 5.61. The summed E-state index contributed by atoms with van der Waals surface area (Å²) in [4.78, 5) is 33.6. The van der Waals surface area contributed by atoms with Crippen molar-refractivity contribution in [3.63, 3.8) is 0 Å². The molecule has 2 amide bonds. The summed E-state index contributed by atoms with van der Waals surface area (Å²) in [6, 6.07) is 13.7. The van der Waals surface area contributed by atoms with E-state index < -0.39 is 17.5 Å². The molecular formula is C25H24F2N4O2. The van der Waals surface area contributed by atoms with E-state index in [1.807, 2.05) is 36.1 Å². The summed E-state index contributed by atoms with van der Waals surface area (Å²) in [7, 11) is 0. The highest BCUT2D eigenvalue weighted by atomic mass is 19.1. The quantitative estimate of drug-likeness (QED) is 0.645. The highest BCUT2D eigenvalue weighted by Gasteiger charge is 2.22. The van der Waals surface area contributed by atoms with E-state index in [1.165, 1.54) is 6.20 Å². The van der Waals surface area contributed by atoms with Gasteiger partial charge in [0.15, 0.2) is 0 Å². The summed E-state index contributed by atoms with van der Waals surface area (Å²) < 4.78 is 26.7. The van der Waals surface area contributed by atoms with Crippen LogP contribution in [-0.2, 0) is 0 Å². The number of benzene rings is 2. The Morgan fingerprint density at radius 3 is 2.39 bits per heavy atom. The van der Waals surface area contributed by atoms with Gasteiger partial charge in [0.25, 0.3) is 11.8 Å². The summed E-state index contributed by atoms with van der Waals surface area (Å²) in [6.07, 6.45) is 2.31. The smallest absolute Gasteiger partial charge is 0.255 e. The van der Waals surface area contributed by atoms with Crippen molar-refractivity contribution in [3.05, 3.63) is 89.1 Å². The molecule has 1 fully saturated rings. The van der Waals surface area contributed by atoms with Crippen LogP contribution in [0.4, 0.5) is 20.3 Å². The van der Waals surface area contributed by atoms with E-state index in [9.17, 15) is 18.4 Å². The van der Waals surface area contributed by atoms with Crippen molar-refractivity contribution in [2.45, 2.75) is 13.3 Å². The highest BCUT2D eigenvalue weighted by molar-refractivity contribution is 6.04. The Balaban J connectivity index is 1.38. The highest BCUT2D eigenvalue weighted by Crippen LogP contribution is 2.19. The standard InChI is InChI=1S/C25H24F2N4O2/c1-17-5-2-3-6-22(17)25(33)31-10-4-9-30(11-12-31)23-8-7-21(16-28-23)29-24(32)18-13-19(26)15-20(27)14-18/h2-3,5-8,13-16H,4,9-12H2,1H3,(H,29,32). The van der Waals surface area contributed by atoms with Crippen molar-refractivity contribution in [2.24, 2.45) is 0 Å². The van der Waals surface area contributed by atoms with E-state index in [-0.39, 0.29) is 11.5 Å². The number of amides is 2. The first kappa shape index (κ1) is 22.4. The number of hydrogen-bond donors (Lipinski definition) is 1. The lowest BCUT2D eigenvalue weighted by molar-refractivity contribution is 0.0766. The van der Waals surface area contributed by atoms with Crippen LogP contribution in [0.25, 0.3) is 0 Å². The lowest BCUT2D eigenvalue weighted by Gasteiger charge is -2.23. The summed E-state index contributed by atoms with van der Waals surface area (Å²) in [6.45, 7) is 4.57. The van der Waals surface area contributed by atoms with Crippen molar-refractivity contribution < 1.29 is 18.4 Å². The fourth-order valence-corrected chi connectivity index (χ4v) is 3.87. The molecule has 1 N–H and O–H groups in total. The van der Waals surface area contributed by atoms with E-state index >= 15 is 0 Å². The molecule has 0 unspecified atom stereocenters. The molecule has 0 aliphatic carbocycles. The van der Waals surface area contributed by atoms with Gasteiger partial charge < -0.3 is 15.1 Å². The third-order valence-corrected chi connectivity index (χ3v) is 5.61. The number of nitrogens with zero attached hydrogens (tertiary/aromatic N) is 3. The van der Waals surface area contributed by atoms with Crippen molar-refractivity contribution >= 4 is 23.3 Å². The molecule has 1 saturated heterocycles. The number of halogens is 2. The summed E-state index contributed by atoms with van der Waals surface area (Å²) >= 11 is 0. The molecule has 3 aromatic rings. The third kappa shape index (κ3) is 5.34. The maximum Gasteiger partial charge on any atom is 0.255 e. The molecule has 1 aliphatic heterocycles. The van der Waals surface area contributed by atoms with Crippen LogP contribution in [0.2, 0.25) is 0 Å². The molecule has 33 heavy (non-hydrogen) atoms. The SMILES string of the molecule is Cc1ccccc1C(=O)N1CCCN(c2ccc(NC(=O)c3cc(F)cc(F)c3)cn2)CC1. The molecule has 2 aromatic carbocycles. The minimum atomic E-state index is -0.815. The molecule has 170 valence electrons. The van der Waals surface area contributed by atoms with Crippen LogP contribution in [0.5, 0.6) is 0 Å². The van der Waals surface area contributed by atoms with Gasteiger partial charge in [0.1, 0.15) is 17.5 Å². The number of aryl methyl sites for hydroxylation is 1. The molecule has 6 nitrogen and oxygen atoms in total. The Morgan fingerprint density at radius 1 is 0.939 bits per heavy atom. The van der Waals surface area contributed by atoms with Crippen LogP contribution in [0.3, 0.4) is 0 Å². The second-order valence-electron chi connectivity index (χ2n) is 7.97. The lowest BCUT2D eigenvalue weighted by Crippen LogP contribution is -2.35. The van der Waals surface area contributed by atoms with Gasteiger partial charge in [-0.05, 0) is 49.2 Å². The second kappa shape index (κ2) is 9.77. The van der Waals surface area contributed by atoms with Crippen molar-refractivity contribution in [1.82, 2.24) is 9.88 Å². The maximum absolute atomic E-state index is 13.4. The summed E-state index contributed by atoms with van der Waals surface area (Å²) in [5.74, 6) is -1.48. The van der Waals surface area contributed by atoms with Gasteiger partial charge in [0.2, 0.25) is 0 Å². The zero-order chi connectivity index (χ0) is 23.4. The van der Waals surface area contributed by atoms with Gasteiger partial charge in [0.05, 0.1) is 11.9 Å². The van der Waals surface area contributed by atoms with E-state index in [1.54, 1.807) is 12.1 Å². The van der Waals surface area contributed by atoms with E-state index in [0.29, 0.717) is 31.4 Å². The molecule has 0 saturated carbocycles. The molecule has 1 aliphatic rings. The van der Waals surface area contributed by atoms with Gasteiger partial charge in [-0.25, -0.2) is 13.8 Å². The van der Waals surface area contributed by atoms with Crippen LogP contribution >= 0.6 is 0 Å². The summed E-state index contributed by atoms with van der Waals surface area (Å²) in [5.41, 5.74) is 1.99. The van der Waals surface area contributed by atoms with Crippen LogP contribution in [-0.4, -0.2) is 47.9 Å². The normalized spacial score (nSPS) is 14.0. The van der Waals surface area contributed by atoms with Gasteiger partial charge in [-0.15, -0.1) is 0 Å². The predicted molar refractivity (Wildman–Crippen MR) is 122 cm³/mol. The Morgan fingerprint density at radius 2 is 1.70 bits per heavy atom. The number of rotatable bonds is 4. The number of carbonyl (C=O) groups excluding carboxylic acids is 2. The topological polar surface area (TPSA) is 65.5 Å². The van der Waals surface area contributed by atoms with Crippen LogP contribution in [0, 0.1) is 18.6 Å². The monoisotopic (exact) mass is 450 g/mol. The molecule has 0 atom stereocenters. The Hall–Kier alpha value is -3.81. The number of carbonyl (C=O) groups is 2. The van der Waals surface area contributed by atoms with Gasteiger partial charge in [0, 0.05) is 43.4 Å². The lowest BCUT2D eigenvalue weighted by atomic mass is 10.1. The number of nitrogens with one attached hydrogen (secondary N) is 1. The Labute approximate surface area is 190 Å². The minimum absolute atomic E-state index is 0.0368. The van der Waals surface area contributed by atoms with Crippen molar-refractivity contribution in [3.8, 4) is 0 Å². The molecule has 0 bridgehead atoms. The van der Waals surface area contributed by atoms with E-state index in [2.05, 4.69) is 15.2 Å². The van der Waals surface area contributed by atoms with Crippen LogP contribution in [0.1, 0.15) is 32.7 Å². The molecule has 0 spiro atoms. The van der Waals surface area contributed by atoms with Crippen molar-refractivity contribution in [2.75, 3.05) is 36.4 Å². The number of hydrogen-bond acceptors (Lipinski definition) is 4. The van der Waals surface area contributed by atoms with Crippen LogP contribution < -0.4 is 10.2 Å². The van der Waals surface area contributed by atoms with Crippen LogP contribution in [0.15, 0.2) is 60.8 Å². The van der Waals surface area contributed by atoms with Gasteiger partial charge in [-0.3, -0.25) is 9.59 Å². The van der Waals surface area contributed by atoms with E-state index in [4.69, 9.17) is 0 Å². The Bertz CT molecular complexity index is 1150. The molecule has 1 aromatic heterocycles. The first-order valence-corrected chi connectivity index (χ1v) is 10.7. The Kier molecular flexibility index (Phi) is 6.63. The molecular weight excluding hydrogens is 426 g/mol. The fourth-order valence-electron chi connectivity index (χ4n) is 3.87. The largest absolute Gasteiger partial charge is 0.355 e. The molecule has 2 heterocycles. The fraction of sp³-hybridized carbons (Fsp3) is 0.240. The number of aromatic nitrogens is 1. The van der Waals surface area contributed by atoms with Gasteiger partial charge in [-0.2, -0.15) is 0 Å². The first-order chi connectivity index (χ1) is 15.9. The van der Waals surface area contributed by atoms with Gasteiger partial charge in [-0.1, -0.05) is 18.2 Å². The maximum atomic E-state index is 13.4. The zero-order valence-corrected chi connectivity index (χ0v) is 18.2. The first-order valence-electron chi connectivity index (χ1n) is 10.7. The number of pyridine rings is 1. The molecule has 0 radical (unpaired) electrons. The predicted octanol–water partition coefficient (Wildman–Crippen LogP) is 4.27. The average molecular weight is 450 g/mol. The van der Waals surface area contributed by atoms with Gasteiger partial charge >= 0.3 is 0 Å². The zero-order valence-electron chi connectivity index (χ0n) is 18.2. The molecule has 8 heteroatoms. The molecule has 4 rings (SSSR count). The number of anilines is 2. The minimum Gasteiger partial charge on any atom is -0.355 e. The second-order valence-corrected chi connectivity index (χ2v) is 7.97. The summed E-state index contributed by atoms with van der Waals surface area (Å²) in [5, 5.41) is 2.59. The van der Waals surface area contributed by atoms with Crippen molar-refractivity contribution in [1.29, 1.82) is 0 Å². The average Bonchev–Trinajstić information content (AvgIpc) is 3.05.